The second-order valence-electron chi connectivity index (χ2n) is 5.77. The van der Waals surface area contributed by atoms with Crippen molar-refractivity contribution >= 4 is 17.6 Å². The molecule has 0 bridgehead atoms. The molecular weight excluding hydrogens is 336 g/mol. The zero-order chi connectivity index (χ0) is 17.6. The van der Waals surface area contributed by atoms with E-state index in [1.165, 1.54) is 0 Å². The predicted molar refractivity (Wildman–Crippen MR) is 98.7 cm³/mol. The van der Waals surface area contributed by atoms with E-state index in [1.807, 2.05) is 60.8 Å². The molecule has 0 spiro atoms. The Morgan fingerprint density at radius 2 is 1.96 bits per heavy atom. The van der Waals surface area contributed by atoms with Gasteiger partial charge in [0.1, 0.15) is 0 Å². The molecule has 0 unspecified atom stereocenters. The quantitative estimate of drug-likeness (QED) is 0.756. The fraction of sp³-hybridized carbons (Fsp3) is 0.158. The molecule has 0 aliphatic carbocycles. The summed E-state index contributed by atoms with van der Waals surface area (Å²) < 4.78 is 1.79. The van der Waals surface area contributed by atoms with Gasteiger partial charge < -0.3 is 10.2 Å². The summed E-state index contributed by atoms with van der Waals surface area (Å²) >= 11 is 5.97. The Bertz CT molecular complexity index is 847. The Balaban J connectivity index is 1.54. The second-order valence-corrected chi connectivity index (χ2v) is 6.21. The van der Waals surface area contributed by atoms with Gasteiger partial charge in [0.15, 0.2) is 0 Å². The Hall–Kier alpha value is -2.79. The molecule has 0 saturated heterocycles. The zero-order valence-corrected chi connectivity index (χ0v) is 14.6. The van der Waals surface area contributed by atoms with Gasteiger partial charge in [0, 0.05) is 36.9 Å². The van der Waals surface area contributed by atoms with Crippen LogP contribution in [-0.2, 0) is 13.1 Å². The first-order valence-electron chi connectivity index (χ1n) is 7.94. The standard InChI is InChI=1S/C19H19ClN4O/c1-23(13-15-6-5-7-17(20)10-15)19(25)21-11-16-12-22-24(14-16)18-8-3-2-4-9-18/h2-10,12,14H,11,13H2,1H3,(H,21,25). The van der Waals surface area contributed by atoms with Crippen molar-refractivity contribution in [2.24, 2.45) is 0 Å². The molecule has 0 saturated carbocycles. The Morgan fingerprint density at radius 3 is 2.72 bits per heavy atom. The normalized spacial score (nSPS) is 10.5. The van der Waals surface area contributed by atoms with Crippen LogP contribution in [0.3, 0.4) is 0 Å². The summed E-state index contributed by atoms with van der Waals surface area (Å²) in [6.07, 6.45) is 3.66. The van der Waals surface area contributed by atoms with E-state index in [9.17, 15) is 4.79 Å². The summed E-state index contributed by atoms with van der Waals surface area (Å²) in [6.45, 7) is 0.918. The van der Waals surface area contributed by atoms with E-state index in [0.717, 1.165) is 16.8 Å². The van der Waals surface area contributed by atoms with Crippen LogP contribution in [0.4, 0.5) is 4.79 Å². The molecular formula is C19H19ClN4O. The van der Waals surface area contributed by atoms with E-state index >= 15 is 0 Å². The molecule has 0 fully saturated rings. The number of rotatable bonds is 5. The number of nitrogens with zero attached hydrogens (tertiary/aromatic N) is 3. The molecule has 3 rings (SSSR count). The smallest absolute Gasteiger partial charge is 0.317 e. The average molecular weight is 355 g/mol. The van der Waals surface area contributed by atoms with Crippen LogP contribution in [0, 0.1) is 0 Å². The van der Waals surface area contributed by atoms with Crippen molar-refractivity contribution in [3.63, 3.8) is 0 Å². The highest BCUT2D eigenvalue weighted by atomic mass is 35.5. The molecule has 1 N–H and O–H groups in total. The first-order chi connectivity index (χ1) is 12.1. The maximum atomic E-state index is 12.2. The van der Waals surface area contributed by atoms with Crippen molar-refractivity contribution in [3.05, 3.63) is 83.1 Å². The largest absolute Gasteiger partial charge is 0.334 e. The topological polar surface area (TPSA) is 50.2 Å². The van der Waals surface area contributed by atoms with Crippen molar-refractivity contribution in [1.29, 1.82) is 0 Å². The molecule has 0 aliphatic rings. The van der Waals surface area contributed by atoms with E-state index in [4.69, 9.17) is 11.6 Å². The van der Waals surface area contributed by atoms with Crippen LogP contribution in [0.15, 0.2) is 67.0 Å². The van der Waals surface area contributed by atoms with Gasteiger partial charge in [-0.1, -0.05) is 41.9 Å². The number of benzene rings is 2. The Labute approximate surface area is 151 Å². The van der Waals surface area contributed by atoms with Crippen LogP contribution in [0.5, 0.6) is 0 Å². The summed E-state index contributed by atoms with van der Waals surface area (Å²) in [5.41, 5.74) is 2.91. The number of nitrogens with one attached hydrogen (secondary N) is 1. The minimum atomic E-state index is -0.146. The number of aromatic nitrogens is 2. The van der Waals surface area contributed by atoms with E-state index < -0.39 is 0 Å². The third kappa shape index (κ3) is 4.61. The lowest BCUT2D eigenvalue weighted by Crippen LogP contribution is -2.36. The van der Waals surface area contributed by atoms with Crippen LogP contribution in [-0.4, -0.2) is 27.8 Å². The molecule has 25 heavy (non-hydrogen) atoms. The number of halogens is 1. The van der Waals surface area contributed by atoms with Crippen molar-refractivity contribution in [2.75, 3.05) is 7.05 Å². The molecule has 0 aliphatic heterocycles. The fourth-order valence-corrected chi connectivity index (χ4v) is 2.68. The zero-order valence-electron chi connectivity index (χ0n) is 13.9. The summed E-state index contributed by atoms with van der Waals surface area (Å²) in [5, 5.41) is 7.89. The summed E-state index contributed by atoms with van der Waals surface area (Å²) in [4.78, 5) is 13.9. The van der Waals surface area contributed by atoms with Crippen LogP contribution in [0.25, 0.3) is 5.69 Å². The highest BCUT2D eigenvalue weighted by Crippen LogP contribution is 2.12. The third-order valence-corrected chi connectivity index (χ3v) is 3.99. The minimum absolute atomic E-state index is 0.146. The van der Waals surface area contributed by atoms with Gasteiger partial charge in [0.05, 0.1) is 11.9 Å². The molecule has 6 heteroatoms. The lowest BCUT2D eigenvalue weighted by molar-refractivity contribution is 0.206. The first-order valence-corrected chi connectivity index (χ1v) is 8.32. The number of carbonyl (C=O) groups excluding carboxylic acids is 1. The number of amides is 2. The van der Waals surface area contributed by atoms with Gasteiger partial charge in [-0.3, -0.25) is 0 Å². The lowest BCUT2D eigenvalue weighted by Gasteiger charge is -2.18. The molecule has 128 valence electrons. The summed E-state index contributed by atoms with van der Waals surface area (Å²) in [5.74, 6) is 0. The lowest BCUT2D eigenvalue weighted by atomic mass is 10.2. The van der Waals surface area contributed by atoms with Crippen molar-refractivity contribution in [3.8, 4) is 5.69 Å². The highest BCUT2D eigenvalue weighted by molar-refractivity contribution is 6.30. The number of carbonyl (C=O) groups is 1. The molecule has 1 aromatic heterocycles. The molecule has 0 atom stereocenters. The number of hydrogen-bond acceptors (Lipinski definition) is 2. The van der Waals surface area contributed by atoms with E-state index in [1.54, 1.807) is 22.8 Å². The maximum absolute atomic E-state index is 12.2. The number of urea groups is 1. The molecule has 2 amide bonds. The van der Waals surface area contributed by atoms with E-state index in [2.05, 4.69) is 10.4 Å². The Kier molecular flexibility index (Phi) is 5.36. The predicted octanol–water partition coefficient (Wildman–Crippen LogP) is 3.87. The van der Waals surface area contributed by atoms with Crippen LogP contribution in [0.1, 0.15) is 11.1 Å². The van der Waals surface area contributed by atoms with Crippen molar-refractivity contribution < 1.29 is 4.79 Å². The van der Waals surface area contributed by atoms with Gasteiger partial charge in [0.25, 0.3) is 0 Å². The van der Waals surface area contributed by atoms with Crippen molar-refractivity contribution in [2.45, 2.75) is 13.1 Å². The Morgan fingerprint density at radius 1 is 1.16 bits per heavy atom. The van der Waals surface area contributed by atoms with Gasteiger partial charge in [-0.25, -0.2) is 9.48 Å². The molecule has 0 radical (unpaired) electrons. The minimum Gasteiger partial charge on any atom is -0.334 e. The van der Waals surface area contributed by atoms with Crippen LogP contribution in [0.2, 0.25) is 5.02 Å². The fourth-order valence-electron chi connectivity index (χ4n) is 2.47. The van der Waals surface area contributed by atoms with Crippen molar-refractivity contribution in [1.82, 2.24) is 20.0 Å². The summed E-state index contributed by atoms with van der Waals surface area (Å²) in [7, 11) is 1.75. The highest BCUT2D eigenvalue weighted by Gasteiger charge is 2.10. The monoisotopic (exact) mass is 354 g/mol. The number of hydrogen-bond donors (Lipinski definition) is 1. The van der Waals surface area contributed by atoms with Crippen LogP contribution < -0.4 is 5.32 Å². The maximum Gasteiger partial charge on any atom is 0.317 e. The van der Waals surface area contributed by atoms with Crippen LogP contribution >= 0.6 is 11.6 Å². The number of para-hydroxylation sites is 1. The molecule has 1 heterocycles. The molecule has 3 aromatic rings. The van der Waals surface area contributed by atoms with Gasteiger partial charge in [-0.15, -0.1) is 0 Å². The van der Waals surface area contributed by atoms with Gasteiger partial charge >= 0.3 is 6.03 Å². The third-order valence-electron chi connectivity index (χ3n) is 3.76. The van der Waals surface area contributed by atoms with Gasteiger partial charge in [-0.05, 0) is 29.8 Å². The molecule has 5 nitrogen and oxygen atoms in total. The second kappa shape index (κ2) is 7.85. The van der Waals surface area contributed by atoms with Gasteiger partial charge in [-0.2, -0.15) is 5.10 Å². The molecule has 2 aromatic carbocycles. The SMILES string of the molecule is CN(Cc1cccc(Cl)c1)C(=O)NCc1cnn(-c2ccccc2)c1. The average Bonchev–Trinajstić information content (AvgIpc) is 3.09. The summed E-state index contributed by atoms with van der Waals surface area (Å²) in [6, 6.07) is 17.2. The van der Waals surface area contributed by atoms with Gasteiger partial charge in [0.2, 0.25) is 0 Å². The van der Waals surface area contributed by atoms with E-state index in [-0.39, 0.29) is 6.03 Å². The van der Waals surface area contributed by atoms with E-state index in [0.29, 0.717) is 18.1 Å². The first kappa shape index (κ1) is 17.0.